The number of nitrogens with zero attached hydrogens (tertiary/aromatic N) is 1. The molecule has 0 heterocycles. The average molecular weight is 309 g/mol. The van der Waals surface area contributed by atoms with Crippen molar-refractivity contribution >= 4 is 11.6 Å². The van der Waals surface area contributed by atoms with Crippen molar-refractivity contribution in [3.8, 4) is 0 Å². The third kappa shape index (κ3) is 3.90. The van der Waals surface area contributed by atoms with Crippen molar-refractivity contribution in [2.75, 3.05) is 12.4 Å². The van der Waals surface area contributed by atoms with E-state index in [0.717, 1.165) is 24.1 Å². The molecule has 3 rings (SSSR count). The molecule has 3 N–H and O–H groups in total. The molecule has 0 amide bonds. The van der Waals surface area contributed by atoms with E-state index in [1.165, 1.54) is 5.56 Å². The third-order valence-electron chi connectivity index (χ3n) is 4.29. The molecular weight excluding hydrogens is 286 g/mol. The van der Waals surface area contributed by atoms with Crippen LogP contribution in [0.15, 0.2) is 59.6 Å². The number of ether oxygens (including phenoxy) is 1. The fourth-order valence-electron chi connectivity index (χ4n) is 2.98. The lowest BCUT2D eigenvalue weighted by Crippen LogP contribution is -2.31. The highest BCUT2D eigenvalue weighted by molar-refractivity contribution is 5.93. The lowest BCUT2D eigenvalue weighted by molar-refractivity contribution is 0.185. The molecule has 0 atom stereocenters. The van der Waals surface area contributed by atoms with E-state index in [9.17, 15) is 0 Å². The van der Waals surface area contributed by atoms with Crippen LogP contribution in [0.2, 0.25) is 0 Å². The normalized spacial score (nSPS) is 20.8. The van der Waals surface area contributed by atoms with E-state index < -0.39 is 0 Å². The summed E-state index contributed by atoms with van der Waals surface area (Å²) in [4.78, 5) is 4.60. The smallest absolute Gasteiger partial charge is 0.193 e. The molecule has 0 bridgehead atoms. The highest BCUT2D eigenvalue weighted by Gasteiger charge is 2.30. The second-order valence-electron chi connectivity index (χ2n) is 5.96. The Bertz CT molecular complexity index is 663. The van der Waals surface area contributed by atoms with Crippen LogP contribution in [0.3, 0.4) is 0 Å². The van der Waals surface area contributed by atoms with Crippen molar-refractivity contribution in [1.29, 1.82) is 0 Å². The highest BCUT2D eigenvalue weighted by Crippen LogP contribution is 2.38. The molecule has 2 aromatic rings. The minimum absolute atomic E-state index is 0.308. The van der Waals surface area contributed by atoms with E-state index in [1.807, 2.05) is 24.3 Å². The fourth-order valence-corrected chi connectivity index (χ4v) is 2.98. The number of nitrogens with one attached hydrogen (secondary N) is 1. The number of hydrogen-bond acceptors (Lipinski definition) is 2. The number of hydrogen-bond donors (Lipinski definition) is 2. The van der Waals surface area contributed by atoms with Crippen LogP contribution >= 0.6 is 0 Å². The van der Waals surface area contributed by atoms with E-state index in [0.29, 0.717) is 24.5 Å². The lowest BCUT2D eigenvalue weighted by atomic mass is 9.76. The number of para-hydroxylation sites is 1. The van der Waals surface area contributed by atoms with Gasteiger partial charge in [0.15, 0.2) is 5.96 Å². The number of guanidine groups is 1. The van der Waals surface area contributed by atoms with Gasteiger partial charge < -0.3 is 15.8 Å². The van der Waals surface area contributed by atoms with Gasteiger partial charge in [0, 0.05) is 18.4 Å². The standard InChI is InChI=1S/C19H23N3O/c1-23-13-15-9-5-6-10-18(15)22-19(20)21-17-11-16(12-17)14-7-3-2-4-8-14/h2-10,16-17H,11-13H2,1H3,(H3,20,21,22). The van der Waals surface area contributed by atoms with Crippen LogP contribution in [0.25, 0.3) is 0 Å². The molecule has 0 aromatic heterocycles. The van der Waals surface area contributed by atoms with Gasteiger partial charge in [-0.25, -0.2) is 4.99 Å². The van der Waals surface area contributed by atoms with Crippen LogP contribution in [0.1, 0.15) is 29.9 Å². The number of rotatable bonds is 5. The van der Waals surface area contributed by atoms with Gasteiger partial charge in [0.1, 0.15) is 0 Å². The topological polar surface area (TPSA) is 59.6 Å². The fraction of sp³-hybridized carbons (Fsp3) is 0.316. The molecule has 2 aromatic carbocycles. The summed E-state index contributed by atoms with van der Waals surface area (Å²) in [6.45, 7) is 0.552. The molecule has 0 aliphatic heterocycles. The summed E-state index contributed by atoms with van der Waals surface area (Å²) < 4.78 is 5.21. The first kappa shape index (κ1) is 15.6. The Morgan fingerprint density at radius 2 is 1.83 bits per heavy atom. The van der Waals surface area contributed by atoms with Crippen molar-refractivity contribution in [3.63, 3.8) is 0 Å². The van der Waals surface area contributed by atoms with E-state index in [4.69, 9.17) is 10.5 Å². The Balaban J connectivity index is 1.57. The Morgan fingerprint density at radius 1 is 1.13 bits per heavy atom. The maximum atomic E-state index is 6.06. The summed E-state index contributed by atoms with van der Waals surface area (Å²) in [6, 6.07) is 18.9. The molecule has 0 unspecified atom stereocenters. The number of nitrogens with two attached hydrogens (primary N) is 1. The molecule has 23 heavy (non-hydrogen) atoms. The second-order valence-corrected chi connectivity index (χ2v) is 5.96. The molecule has 0 radical (unpaired) electrons. The van der Waals surface area contributed by atoms with Gasteiger partial charge in [-0.1, -0.05) is 48.5 Å². The van der Waals surface area contributed by atoms with Gasteiger partial charge in [-0.15, -0.1) is 0 Å². The summed E-state index contributed by atoms with van der Waals surface area (Å²) in [6.07, 6.45) is 2.12. The van der Waals surface area contributed by atoms with E-state index in [-0.39, 0.29) is 0 Å². The number of methoxy groups -OCH3 is 1. The number of benzene rings is 2. The van der Waals surface area contributed by atoms with E-state index >= 15 is 0 Å². The summed E-state index contributed by atoms with van der Waals surface area (Å²) in [5.41, 5.74) is 9.49. The molecule has 1 saturated carbocycles. The Hall–Kier alpha value is -2.33. The molecule has 0 spiro atoms. The maximum absolute atomic E-state index is 6.06. The molecule has 0 saturated heterocycles. The molecule has 1 fully saturated rings. The van der Waals surface area contributed by atoms with Gasteiger partial charge in [-0.2, -0.15) is 0 Å². The monoisotopic (exact) mass is 309 g/mol. The van der Waals surface area contributed by atoms with Crippen LogP contribution in [0, 0.1) is 0 Å². The number of anilines is 1. The van der Waals surface area contributed by atoms with Crippen LogP contribution in [-0.2, 0) is 11.3 Å². The predicted octanol–water partition coefficient (Wildman–Crippen LogP) is 3.51. The Labute approximate surface area is 137 Å². The minimum atomic E-state index is 0.308. The quantitative estimate of drug-likeness (QED) is 0.656. The molecule has 120 valence electrons. The summed E-state index contributed by atoms with van der Waals surface area (Å²) in [5.74, 6) is 1.09. The van der Waals surface area contributed by atoms with Crippen molar-refractivity contribution in [3.05, 3.63) is 65.7 Å². The van der Waals surface area contributed by atoms with Crippen LogP contribution in [0.4, 0.5) is 5.69 Å². The van der Waals surface area contributed by atoms with Crippen molar-refractivity contribution in [2.24, 2.45) is 10.7 Å². The molecule has 4 heteroatoms. The predicted molar refractivity (Wildman–Crippen MR) is 94.6 cm³/mol. The van der Waals surface area contributed by atoms with Gasteiger partial charge in [0.2, 0.25) is 0 Å². The van der Waals surface area contributed by atoms with Crippen LogP contribution < -0.4 is 11.1 Å². The second kappa shape index (κ2) is 7.29. The van der Waals surface area contributed by atoms with E-state index in [1.54, 1.807) is 7.11 Å². The zero-order valence-corrected chi connectivity index (χ0v) is 13.4. The van der Waals surface area contributed by atoms with E-state index in [2.05, 4.69) is 40.6 Å². The highest BCUT2D eigenvalue weighted by atomic mass is 16.5. The molecule has 1 aliphatic carbocycles. The minimum Gasteiger partial charge on any atom is -0.380 e. The van der Waals surface area contributed by atoms with Crippen LogP contribution in [0.5, 0.6) is 0 Å². The first-order valence-electron chi connectivity index (χ1n) is 7.98. The van der Waals surface area contributed by atoms with Crippen molar-refractivity contribution in [1.82, 2.24) is 0 Å². The molecular formula is C19H23N3O. The van der Waals surface area contributed by atoms with Gasteiger partial charge >= 0.3 is 0 Å². The van der Waals surface area contributed by atoms with Crippen molar-refractivity contribution in [2.45, 2.75) is 31.4 Å². The first-order chi connectivity index (χ1) is 11.3. The summed E-state index contributed by atoms with van der Waals surface area (Å²) in [7, 11) is 1.69. The number of aliphatic imine (C=N–C) groups is 1. The summed E-state index contributed by atoms with van der Waals surface area (Å²) in [5, 5.41) is 3.20. The zero-order valence-electron chi connectivity index (χ0n) is 13.4. The van der Waals surface area contributed by atoms with Gasteiger partial charge in [-0.05, 0) is 30.4 Å². The molecule has 4 nitrogen and oxygen atoms in total. The van der Waals surface area contributed by atoms with Gasteiger partial charge in [-0.3, -0.25) is 0 Å². The largest absolute Gasteiger partial charge is 0.380 e. The van der Waals surface area contributed by atoms with Crippen molar-refractivity contribution < 1.29 is 4.74 Å². The molecule has 1 aliphatic rings. The SMILES string of the molecule is COCc1ccccc1NC(N)=NC1CC(c2ccccc2)C1. The third-order valence-corrected chi connectivity index (χ3v) is 4.29. The average Bonchev–Trinajstić information content (AvgIpc) is 2.53. The van der Waals surface area contributed by atoms with Gasteiger partial charge in [0.05, 0.1) is 12.6 Å². The van der Waals surface area contributed by atoms with Gasteiger partial charge in [0.25, 0.3) is 0 Å². The maximum Gasteiger partial charge on any atom is 0.193 e. The lowest BCUT2D eigenvalue weighted by Gasteiger charge is -2.33. The zero-order chi connectivity index (χ0) is 16.1. The first-order valence-corrected chi connectivity index (χ1v) is 7.98. The summed E-state index contributed by atoms with van der Waals surface area (Å²) >= 11 is 0. The Kier molecular flexibility index (Phi) is 4.93. The van der Waals surface area contributed by atoms with Crippen LogP contribution in [-0.4, -0.2) is 19.1 Å². The Morgan fingerprint density at radius 3 is 2.57 bits per heavy atom.